The Balaban J connectivity index is 3.71. The normalized spacial score (nSPS) is 12.3. The van der Waals surface area contributed by atoms with E-state index in [1.54, 1.807) is 6.92 Å². The van der Waals surface area contributed by atoms with Gasteiger partial charge < -0.3 is 14.8 Å². The van der Waals surface area contributed by atoms with Crippen LogP contribution in [0.5, 0.6) is 0 Å². The third-order valence-electron chi connectivity index (χ3n) is 2.57. The van der Waals surface area contributed by atoms with Crippen LogP contribution in [0.3, 0.4) is 0 Å². The van der Waals surface area contributed by atoms with Gasteiger partial charge in [-0.25, -0.2) is 4.79 Å². The highest BCUT2D eigenvalue weighted by Crippen LogP contribution is 2.04. The van der Waals surface area contributed by atoms with Crippen molar-refractivity contribution in [1.29, 1.82) is 0 Å². The molecule has 118 valence electrons. The first-order chi connectivity index (χ1) is 9.31. The minimum atomic E-state index is -0.487. The SMILES string of the molecule is CC(C)CCCOC(=O)CC(C)NC(=O)OCC(C)C. The van der Waals surface area contributed by atoms with E-state index in [9.17, 15) is 9.59 Å². The van der Waals surface area contributed by atoms with Gasteiger partial charge in [-0.3, -0.25) is 4.79 Å². The lowest BCUT2D eigenvalue weighted by Gasteiger charge is -2.14. The first-order valence-electron chi connectivity index (χ1n) is 7.40. The van der Waals surface area contributed by atoms with E-state index in [2.05, 4.69) is 19.2 Å². The molecule has 0 fully saturated rings. The van der Waals surface area contributed by atoms with Gasteiger partial charge in [-0.15, -0.1) is 0 Å². The van der Waals surface area contributed by atoms with Crippen molar-refractivity contribution < 1.29 is 19.1 Å². The summed E-state index contributed by atoms with van der Waals surface area (Å²) >= 11 is 0. The summed E-state index contributed by atoms with van der Waals surface area (Å²) in [6.45, 7) is 10.8. The van der Waals surface area contributed by atoms with Gasteiger partial charge in [0, 0.05) is 6.04 Å². The minimum Gasteiger partial charge on any atom is -0.466 e. The van der Waals surface area contributed by atoms with E-state index >= 15 is 0 Å². The molecule has 0 aromatic heterocycles. The number of carbonyl (C=O) groups excluding carboxylic acids is 2. The second-order valence-corrected chi connectivity index (χ2v) is 6.00. The number of alkyl carbamates (subject to hydrolysis) is 1. The van der Waals surface area contributed by atoms with Crippen LogP contribution in [0.1, 0.15) is 53.9 Å². The fourth-order valence-electron chi connectivity index (χ4n) is 1.52. The van der Waals surface area contributed by atoms with Gasteiger partial charge in [0.05, 0.1) is 19.6 Å². The van der Waals surface area contributed by atoms with Crippen LogP contribution in [0.4, 0.5) is 4.79 Å². The Morgan fingerprint density at radius 1 is 1.00 bits per heavy atom. The molecule has 0 spiro atoms. The fraction of sp³-hybridized carbons (Fsp3) is 0.867. The molecule has 1 amide bonds. The number of hydrogen-bond donors (Lipinski definition) is 1. The maximum atomic E-state index is 11.5. The first-order valence-corrected chi connectivity index (χ1v) is 7.40. The molecule has 5 nitrogen and oxygen atoms in total. The monoisotopic (exact) mass is 287 g/mol. The van der Waals surface area contributed by atoms with Crippen LogP contribution in [0.2, 0.25) is 0 Å². The molecule has 1 unspecified atom stereocenters. The van der Waals surface area contributed by atoms with Crippen molar-refractivity contribution in [3.63, 3.8) is 0 Å². The molecule has 0 aromatic carbocycles. The zero-order valence-corrected chi connectivity index (χ0v) is 13.4. The number of hydrogen-bond acceptors (Lipinski definition) is 4. The molecule has 0 heterocycles. The highest BCUT2D eigenvalue weighted by atomic mass is 16.5. The summed E-state index contributed by atoms with van der Waals surface area (Å²) in [6.07, 6.45) is 1.60. The van der Waals surface area contributed by atoms with Crippen LogP contribution >= 0.6 is 0 Å². The molecule has 0 aliphatic heterocycles. The Hall–Kier alpha value is -1.26. The topological polar surface area (TPSA) is 64.6 Å². The van der Waals surface area contributed by atoms with E-state index in [0.717, 1.165) is 12.8 Å². The third kappa shape index (κ3) is 11.8. The molecule has 20 heavy (non-hydrogen) atoms. The third-order valence-corrected chi connectivity index (χ3v) is 2.57. The van der Waals surface area contributed by atoms with Gasteiger partial charge in [0.25, 0.3) is 0 Å². The molecule has 0 saturated heterocycles. The molecule has 0 bridgehead atoms. The Labute approximate surface area is 122 Å². The van der Waals surface area contributed by atoms with Gasteiger partial charge in [0.1, 0.15) is 0 Å². The Morgan fingerprint density at radius 2 is 1.65 bits per heavy atom. The first kappa shape index (κ1) is 18.7. The zero-order chi connectivity index (χ0) is 15.5. The Bertz CT molecular complexity index is 290. The van der Waals surface area contributed by atoms with E-state index in [4.69, 9.17) is 9.47 Å². The Kier molecular flexibility index (Phi) is 9.86. The molecule has 1 N–H and O–H groups in total. The Morgan fingerprint density at radius 3 is 2.20 bits per heavy atom. The number of esters is 1. The van der Waals surface area contributed by atoms with Crippen molar-refractivity contribution in [2.24, 2.45) is 11.8 Å². The summed E-state index contributed by atoms with van der Waals surface area (Å²) in [6, 6.07) is -0.285. The fourth-order valence-corrected chi connectivity index (χ4v) is 1.52. The van der Waals surface area contributed by atoms with Crippen LogP contribution in [0.15, 0.2) is 0 Å². The summed E-state index contributed by atoms with van der Waals surface area (Å²) in [5.74, 6) is 0.623. The van der Waals surface area contributed by atoms with Crippen LogP contribution in [0, 0.1) is 11.8 Å². The predicted octanol–water partition coefficient (Wildman–Crippen LogP) is 3.13. The van der Waals surface area contributed by atoms with Crippen LogP contribution in [-0.2, 0) is 14.3 Å². The van der Waals surface area contributed by atoms with Crippen LogP contribution < -0.4 is 5.32 Å². The summed E-state index contributed by atoms with van der Waals surface area (Å²) in [4.78, 5) is 22.9. The smallest absolute Gasteiger partial charge is 0.407 e. The van der Waals surface area contributed by atoms with Crippen LogP contribution in [-0.4, -0.2) is 31.3 Å². The average Bonchev–Trinajstić information content (AvgIpc) is 2.31. The number of rotatable bonds is 9. The summed E-state index contributed by atoms with van der Waals surface area (Å²) in [5.41, 5.74) is 0. The lowest BCUT2D eigenvalue weighted by Crippen LogP contribution is -2.35. The van der Waals surface area contributed by atoms with E-state index < -0.39 is 6.09 Å². The number of amides is 1. The van der Waals surface area contributed by atoms with E-state index in [-0.39, 0.29) is 18.4 Å². The largest absolute Gasteiger partial charge is 0.466 e. The molecule has 0 radical (unpaired) electrons. The molecule has 1 atom stereocenters. The van der Waals surface area contributed by atoms with Crippen molar-refractivity contribution in [3.05, 3.63) is 0 Å². The second-order valence-electron chi connectivity index (χ2n) is 6.00. The highest BCUT2D eigenvalue weighted by Gasteiger charge is 2.14. The number of ether oxygens (including phenoxy) is 2. The molecule has 0 aromatic rings. The molecular weight excluding hydrogens is 258 g/mol. The van der Waals surface area contributed by atoms with Crippen molar-refractivity contribution in [2.45, 2.75) is 59.9 Å². The van der Waals surface area contributed by atoms with E-state index in [1.807, 2.05) is 13.8 Å². The van der Waals surface area contributed by atoms with Gasteiger partial charge in [-0.05, 0) is 31.6 Å². The lowest BCUT2D eigenvalue weighted by atomic mass is 10.1. The van der Waals surface area contributed by atoms with Gasteiger partial charge >= 0.3 is 12.1 Å². The van der Waals surface area contributed by atoms with Crippen molar-refractivity contribution in [2.75, 3.05) is 13.2 Å². The average molecular weight is 287 g/mol. The van der Waals surface area contributed by atoms with E-state index in [1.165, 1.54) is 0 Å². The quantitative estimate of drug-likeness (QED) is 0.522. The second kappa shape index (κ2) is 10.5. The van der Waals surface area contributed by atoms with Crippen molar-refractivity contribution >= 4 is 12.1 Å². The highest BCUT2D eigenvalue weighted by molar-refractivity contribution is 5.72. The van der Waals surface area contributed by atoms with Gasteiger partial charge in [-0.2, -0.15) is 0 Å². The molecule has 0 aliphatic carbocycles. The summed E-state index contributed by atoms with van der Waals surface area (Å²) in [5, 5.41) is 2.61. The van der Waals surface area contributed by atoms with Gasteiger partial charge in [-0.1, -0.05) is 27.7 Å². The standard InChI is InChI=1S/C15H29NO4/c1-11(2)7-6-8-19-14(17)9-13(5)16-15(18)20-10-12(3)4/h11-13H,6-10H2,1-5H3,(H,16,18). The number of carbonyl (C=O) groups is 2. The maximum Gasteiger partial charge on any atom is 0.407 e. The van der Waals surface area contributed by atoms with Crippen molar-refractivity contribution in [1.82, 2.24) is 5.32 Å². The van der Waals surface area contributed by atoms with Gasteiger partial charge in [0.15, 0.2) is 0 Å². The molecule has 0 saturated carbocycles. The molecular formula is C15H29NO4. The number of nitrogens with one attached hydrogen (secondary N) is 1. The maximum absolute atomic E-state index is 11.5. The van der Waals surface area contributed by atoms with Gasteiger partial charge in [0.2, 0.25) is 0 Å². The van der Waals surface area contributed by atoms with Crippen molar-refractivity contribution in [3.8, 4) is 0 Å². The summed E-state index contributed by atoms with van der Waals surface area (Å²) < 4.78 is 10.1. The minimum absolute atomic E-state index is 0.165. The lowest BCUT2D eigenvalue weighted by molar-refractivity contribution is -0.144. The molecule has 0 rings (SSSR count). The zero-order valence-electron chi connectivity index (χ0n) is 13.4. The molecule has 5 heteroatoms. The van der Waals surface area contributed by atoms with Crippen LogP contribution in [0.25, 0.3) is 0 Å². The summed E-state index contributed by atoms with van der Waals surface area (Å²) in [7, 11) is 0. The van der Waals surface area contributed by atoms with E-state index in [0.29, 0.717) is 25.0 Å². The predicted molar refractivity (Wildman–Crippen MR) is 78.4 cm³/mol. The molecule has 0 aliphatic rings.